The fourth-order valence-corrected chi connectivity index (χ4v) is 2.56. The minimum Gasteiger partial charge on any atom is -0.342 e. The van der Waals surface area contributed by atoms with Crippen LogP contribution in [0.5, 0.6) is 0 Å². The Hall–Kier alpha value is -0.610. The number of likely N-dealkylation sites (N-methyl/N-ethyl adjacent to an activating group) is 1. The highest BCUT2D eigenvalue weighted by atomic mass is 16.2. The second kappa shape index (κ2) is 12.0. The first kappa shape index (κ1) is 20.4. The molecule has 0 N–H and O–H groups in total. The third-order valence-corrected chi connectivity index (χ3v) is 4.09. The summed E-state index contributed by atoms with van der Waals surface area (Å²) in [5.74, 6) is 1.13. The van der Waals surface area contributed by atoms with Crippen molar-refractivity contribution in [3.05, 3.63) is 0 Å². The van der Waals surface area contributed by atoms with Crippen molar-refractivity contribution in [2.24, 2.45) is 5.92 Å². The lowest BCUT2D eigenvalue weighted by Gasteiger charge is -2.35. The molecule has 4 heteroatoms. The van der Waals surface area contributed by atoms with Crippen LogP contribution in [-0.4, -0.2) is 73.5 Å². The maximum absolute atomic E-state index is 12.1. The number of carbonyl (C=O) groups excluding carboxylic acids is 1. The summed E-state index contributed by atoms with van der Waals surface area (Å²) in [5, 5.41) is 0. The Morgan fingerprint density at radius 2 is 1.38 bits per heavy atom. The molecule has 0 aromatic heterocycles. The Morgan fingerprint density at radius 1 is 0.905 bits per heavy atom. The van der Waals surface area contributed by atoms with Crippen molar-refractivity contribution in [2.75, 3.05) is 52.9 Å². The number of likely N-dealkylation sites (tertiary alicyclic amines) is 1. The van der Waals surface area contributed by atoms with Gasteiger partial charge in [-0.3, -0.25) is 9.69 Å². The number of piperazine rings is 1. The van der Waals surface area contributed by atoms with Crippen molar-refractivity contribution in [3.63, 3.8) is 0 Å². The number of hydrogen-bond acceptors (Lipinski definition) is 3. The van der Waals surface area contributed by atoms with Crippen LogP contribution < -0.4 is 0 Å². The zero-order valence-electron chi connectivity index (χ0n) is 15.2. The molecule has 0 aromatic carbocycles. The van der Waals surface area contributed by atoms with E-state index in [-0.39, 0.29) is 0 Å². The number of hydrogen-bond donors (Lipinski definition) is 0. The van der Waals surface area contributed by atoms with Crippen LogP contribution in [0.1, 0.15) is 47.5 Å². The number of amides is 1. The summed E-state index contributed by atoms with van der Waals surface area (Å²) in [4.78, 5) is 18.8. The third-order valence-electron chi connectivity index (χ3n) is 4.09. The largest absolute Gasteiger partial charge is 0.342 e. The van der Waals surface area contributed by atoms with Gasteiger partial charge in [-0.25, -0.2) is 0 Å². The summed E-state index contributed by atoms with van der Waals surface area (Å²) >= 11 is 0. The maximum Gasteiger partial charge on any atom is 0.236 e. The van der Waals surface area contributed by atoms with E-state index < -0.39 is 0 Å². The molecule has 0 atom stereocenters. The number of piperidine rings is 1. The molecule has 2 saturated heterocycles. The van der Waals surface area contributed by atoms with E-state index in [0.717, 1.165) is 45.2 Å². The van der Waals surface area contributed by atoms with Crippen LogP contribution in [-0.2, 0) is 4.79 Å². The molecule has 0 radical (unpaired) electrons. The molecule has 0 spiro atoms. The van der Waals surface area contributed by atoms with Gasteiger partial charge < -0.3 is 9.80 Å². The molecule has 2 rings (SSSR count). The van der Waals surface area contributed by atoms with Crippen molar-refractivity contribution < 1.29 is 4.79 Å². The van der Waals surface area contributed by atoms with Crippen molar-refractivity contribution in [2.45, 2.75) is 47.5 Å². The van der Waals surface area contributed by atoms with E-state index in [1.165, 1.54) is 12.8 Å². The molecule has 21 heavy (non-hydrogen) atoms. The molecule has 0 aliphatic carbocycles. The average molecular weight is 300 g/mol. The molecule has 4 nitrogen and oxygen atoms in total. The summed E-state index contributed by atoms with van der Waals surface area (Å²) in [5.41, 5.74) is 0. The van der Waals surface area contributed by atoms with Gasteiger partial charge in [0.1, 0.15) is 0 Å². The Labute approximate surface area is 132 Å². The standard InChI is InChI=1S/C13H25N3O.2C2H6/c1-12-3-5-16(6-4-12)13(17)11-15-9-7-14(2)8-10-15;2*1-2/h12H,3-11H2,1-2H3;2*1-2H3. The number of nitrogens with zero attached hydrogens (tertiary/aromatic N) is 3. The van der Waals surface area contributed by atoms with E-state index >= 15 is 0 Å². The first-order valence-electron chi connectivity index (χ1n) is 8.84. The lowest BCUT2D eigenvalue weighted by Crippen LogP contribution is -2.50. The van der Waals surface area contributed by atoms with E-state index in [2.05, 4.69) is 28.7 Å². The van der Waals surface area contributed by atoms with E-state index in [4.69, 9.17) is 0 Å². The first-order chi connectivity index (χ1) is 10.1. The van der Waals surface area contributed by atoms with Crippen molar-refractivity contribution in [3.8, 4) is 0 Å². The Bertz CT molecular complexity index is 255. The topological polar surface area (TPSA) is 26.8 Å². The summed E-state index contributed by atoms with van der Waals surface area (Å²) < 4.78 is 0. The van der Waals surface area contributed by atoms with Crippen LogP contribution in [0.3, 0.4) is 0 Å². The molecule has 2 aliphatic rings. The van der Waals surface area contributed by atoms with E-state index in [1.54, 1.807) is 0 Å². The van der Waals surface area contributed by atoms with Crippen LogP contribution in [0.2, 0.25) is 0 Å². The fraction of sp³-hybridized carbons (Fsp3) is 0.941. The molecular weight excluding hydrogens is 262 g/mol. The predicted octanol–water partition coefficient (Wildman–Crippen LogP) is 2.54. The van der Waals surface area contributed by atoms with Crippen LogP contribution in [0, 0.1) is 5.92 Å². The predicted molar refractivity (Wildman–Crippen MR) is 91.6 cm³/mol. The molecule has 2 fully saturated rings. The highest BCUT2D eigenvalue weighted by Crippen LogP contribution is 2.16. The SMILES string of the molecule is CC.CC.CC1CCN(C(=O)CN2CCN(C)CC2)CC1. The highest BCUT2D eigenvalue weighted by Gasteiger charge is 2.23. The van der Waals surface area contributed by atoms with Gasteiger partial charge in [0, 0.05) is 39.3 Å². The van der Waals surface area contributed by atoms with E-state index in [1.807, 2.05) is 27.7 Å². The summed E-state index contributed by atoms with van der Waals surface area (Å²) in [6, 6.07) is 0. The molecule has 126 valence electrons. The smallest absolute Gasteiger partial charge is 0.236 e. The Morgan fingerprint density at radius 3 is 1.86 bits per heavy atom. The van der Waals surface area contributed by atoms with E-state index in [9.17, 15) is 4.79 Å². The molecular formula is C17H37N3O. The van der Waals surface area contributed by atoms with Gasteiger partial charge in [0.25, 0.3) is 0 Å². The van der Waals surface area contributed by atoms with Gasteiger partial charge >= 0.3 is 0 Å². The minimum atomic E-state index is 0.335. The average Bonchev–Trinajstić information content (AvgIpc) is 2.54. The summed E-state index contributed by atoms with van der Waals surface area (Å²) in [6.07, 6.45) is 2.35. The van der Waals surface area contributed by atoms with Crippen LogP contribution in [0.15, 0.2) is 0 Å². The number of carbonyl (C=O) groups is 1. The van der Waals surface area contributed by atoms with Gasteiger partial charge in [-0.2, -0.15) is 0 Å². The fourth-order valence-electron chi connectivity index (χ4n) is 2.56. The van der Waals surface area contributed by atoms with Gasteiger partial charge in [-0.15, -0.1) is 0 Å². The number of rotatable bonds is 2. The quantitative estimate of drug-likeness (QED) is 0.784. The van der Waals surface area contributed by atoms with Gasteiger partial charge in [0.05, 0.1) is 6.54 Å². The maximum atomic E-state index is 12.1. The highest BCUT2D eigenvalue weighted by molar-refractivity contribution is 5.78. The van der Waals surface area contributed by atoms with Gasteiger partial charge in [0.2, 0.25) is 5.91 Å². The van der Waals surface area contributed by atoms with Gasteiger partial charge in [0.15, 0.2) is 0 Å². The molecule has 2 heterocycles. The minimum absolute atomic E-state index is 0.335. The molecule has 1 amide bonds. The zero-order chi connectivity index (χ0) is 16.3. The summed E-state index contributed by atoms with van der Waals surface area (Å²) in [7, 11) is 2.14. The second-order valence-corrected chi connectivity index (χ2v) is 5.64. The Balaban J connectivity index is 0.000000921. The lowest BCUT2D eigenvalue weighted by molar-refractivity contribution is -0.134. The zero-order valence-corrected chi connectivity index (χ0v) is 15.2. The van der Waals surface area contributed by atoms with Crippen molar-refractivity contribution in [1.29, 1.82) is 0 Å². The third kappa shape index (κ3) is 7.82. The molecule has 0 bridgehead atoms. The van der Waals surface area contributed by atoms with Crippen LogP contribution in [0.25, 0.3) is 0 Å². The van der Waals surface area contributed by atoms with Gasteiger partial charge in [-0.1, -0.05) is 34.6 Å². The normalized spacial score (nSPS) is 21.0. The second-order valence-electron chi connectivity index (χ2n) is 5.64. The van der Waals surface area contributed by atoms with Crippen molar-refractivity contribution >= 4 is 5.91 Å². The molecule has 0 saturated carbocycles. The molecule has 0 aromatic rings. The van der Waals surface area contributed by atoms with E-state index in [0.29, 0.717) is 12.5 Å². The van der Waals surface area contributed by atoms with Crippen LogP contribution in [0.4, 0.5) is 0 Å². The molecule has 0 unspecified atom stereocenters. The first-order valence-corrected chi connectivity index (χ1v) is 8.84. The van der Waals surface area contributed by atoms with Crippen LogP contribution >= 0.6 is 0 Å². The molecule has 2 aliphatic heterocycles. The summed E-state index contributed by atoms with van der Waals surface area (Å²) in [6.45, 7) is 17.1. The van der Waals surface area contributed by atoms with Gasteiger partial charge in [-0.05, 0) is 25.8 Å². The Kier molecular flexibility index (Phi) is 11.6. The monoisotopic (exact) mass is 299 g/mol. The lowest BCUT2D eigenvalue weighted by atomic mass is 9.99. The van der Waals surface area contributed by atoms with Crippen molar-refractivity contribution in [1.82, 2.24) is 14.7 Å².